The van der Waals surface area contributed by atoms with Crippen molar-refractivity contribution in [1.82, 2.24) is 0 Å². The molecule has 2 aliphatic carbocycles. The molecule has 66 valence electrons. The van der Waals surface area contributed by atoms with Crippen LogP contribution in [0, 0.1) is 16.7 Å². The molecule has 2 nitrogen and oxygen atoms in total. The molecule has 0 aliphatic heterocycles. The molecule has 2 bridgehead atoms. The predicted octanol–water partition coefficient (Wildman–Crippen LogP) is 1.58. The van der Waals surface area contributed by atoms with Gasteiger partial charge in [-0.25, -0.2) is 0 Å². The van der Waals surface area contributed by atoms with E-state index in [9.17, 15) is 9.59 Å². The number of aldehydes is 1. The molecule has 2 heteroatoms. The van der Waals surface area contributed by atoms with Gasteiger partial charge in [0, 0.05) is 17.3 Å². The van der Waals surface area contributed by atoms with Crippen LogP contribution in [0.1, 0.15) is 33.1 Å². The number of hydrogen-bond donors (Lipinski definition) is 0. The lowest BCUT2D eigenvalue weighted by atomic mass is 9.70. The van der Waals surface area contributed by atoms with Crippen LogP contribution in [0.3, 0.4) is 0 Å². The molecule has 0 aromatic carbocycles. The quantitative estimate of drug-likeness (QED) is 0.554. The summed E-state index contributed by atoms with van der Waals surface area (Å²) in [7, 11) is 0. The van der Waals surface area contributed by atoms with Crippen molar-refractivity contribution in [1.29, 1.82) is 0 Å². The normalized spacial score (nSPS) is 51.5. The standard InChI is InChI=1S/C10H14O2/c1-9-4-3-7(5-8(9)12)10(9,2)6-11/h6-7H,3-5H2,1-2H3/t7-,9+,10+/m0/s1. The Morgan fingerprint density at radius 1 is 1.50 bits per heavy atom. The summed E-state index contributed by atoms with van der Waals surface area (Å²) in [6.07, 6.45) is 3.60. The molecular weight excluding hydrogens is 152 g/mol. The minimum Gasteiger partial charge on any atom is -0.303 e. The lowest BCUT2D eigenvalue weighted by molar-refractivity contribution is -0.132. The zero-order chi connectivity index (χ0) is 8.98. The van der Waals surface area contributed by atoms with E-state index in [0.717, 1.165) is 19.1 Å². The highest BCUT2D eigenvalue weighted by Crippen LogP contribution is 2.62. The summed E-state index contributed by atoms with van der Waals surface area (Å²) in [5.41, 5.74) is -0.691. The van der Waals surface area contributed by atoms with Crippen molar-refractivity contribution >= 4 is 12.1 Å². The fraction of sp³-hybridized carbons (Fsp3) is 0.800. The maximum absolute atomic E-state index is 11.6. The SMILES string of the molecule is C[C@@]12CC[C@@H](CC1=O)[C@@]2(C)C=O. The third kappa shape index (κ3) is 0.584. The molecule has 0 radical (unpaired) electrons. The van der Waals surface area contributed by atoms with Crippen molar-refractivity contribution in [3.8, 4) is 0 Å². The van der Waals surface area contributed by atoms with Crippen LogP contribution in [0.4, 0.5) is 0 Å². The molecule has 0 heterocycles. The molecule has 0 N–H and O–H groups in total. The van der Waals surface area contributed by atoms with Crippen LogP contribution in [-0.4, -0.2) is 12.1 Å². The van der Waals surface area contributed by atoms with Crippen molar-refractivity contribution < 1.29 is 9.59 Å². The molecule has 0 unspecified atom stereocenters. The van der Waals surface area contributed by atoms with E-state index in [-0.39, 0.29) is 10.8 Å². The molecule has 2 rings (SSSR count). The molecule has 2 aliphatic rings. The first-order valence-electron chi connectivity index (χ1n) is 4.54. The molecular formula is C10H14O2. The van der Waals surface area contributed by atoms with E-state index in [1.165, 1.54) is 0 Å². The van der Waals surface area contributed by atoms with Gasteiger partial charge in [0.25, 0.3) is 0 Å². The Morgan fingerprint density at radius 3 is 2.42 bits per heavy atom. The van der Waals surface area contributed by atoms with Crippen molar-refractivity contribution in [2.45, 2.75) is 33.1 Å². The minimum atomic E-state index is -0.357. The number of rotatable bonds is 1. The summed E-state index contributed by atoms with van der Waals surface area (Å²) < 4.78 is 0. The second-order valence-corrected chi connectivity index (χ2v) is 4.60. The van der Waals surface area contributed by atoms with Crippen molar-refractivity contribution in [2.75, 3.05) is 0 Å². The highest BCUT2D eigenvalue weighted by atomic mass is 16.1. The third-order valence-electron chi connectivity index (χ3n) is 4.32. The topological polar surface area (TPSA) is 34.1 Å². The largest absolute Gasteiger partial charge is 0.303 e. The summed E-state index contributed by atoms with van der Waals surface area (Å²) in [6.45, 7) is 3.90. The Balaban J connectivity index is 2.51. The molecule has 2 fully saturated rings. The molecule has 3 atom stereocenters. The van der Waals surface area contributed by atoms with Crippen LogP contribution >= 0.6 is 0 Å². The molecule has 0 amide bonds. The smallest absolute Gasteiger partial charge is 0.140 e. The Kier molecular flexibility index (Phi) is 1.31. The van der Waals surface area contributed by atoms with Gasteiger partial charge >= 0.3 is 0 Å². The number of ketones is 1. The van der Waals surface area contributed by atoms with Gasteiger partial charge in [-0.15, -0.1) is 0 Å². The van der Waals surface area contributed by atoms with Crippen LogP contribution in [-0.2, 0) is 9.59 Å². The van der Waals surface area contributed by atoms with Gasteiger partial charge in [0.15, 0.2) is 0 Å². The average molecular weight is 166 g/mol. The number of fused-ring (bicyclic) bond motifs is 2. The van der Waals surface area contributed by atoms with Gasteiger partial charge in [-0.3, -0.25) is 4.79 Å². The summed E-state index contributed by atoms with van der Waals surface area (Å²) in [6, 6.07) is 0. The van der Waals surface area contributed by atoms with Gasteiger partial charge in [0.2, 0.25) is 0 Å². The average Bonchev–Trinajstić information content (AvgIpc) is 2.39. The van der Waals surface area contributed by atoms with Crippen molar-refractivity contribution in [3.63, 3.8) is 0 Å². The Bertz CT molecular complexity index is 257. The molecule has 0 aromatic heterocycles. The van der Waals surface area contributed by atoms with Crippen LogP contribution in [0.25, 0.3) is 0 Å². The third-order valence-corrected chi connectivity index (χ3v) is 4.32. The second kappa shape index (κ2) is 1.98. The van der Waals surface area contributed by atoms with E-state index >= 15 is 0 Å². The maximum atomic E-state index is 11.6. The number of carbonyl (C=O) groups excluding carboxylic acids is 2. The Morgan fingerprint density at radius 2 is 2.17 bits per heavy atom. The maximum Gasteiger partial charge on any atom is 0.140 e. The Labute approximate surface area is 72.3 Å². The van der Waals surface area contributed by atoms with E-state index in [2.05, 4.69) is 0 Å². The number of hydrogen-bond acceptors (Lipinski definition) is 2. The van der Waals surface area contributed by atoms with Crippen molar-refractivity contribution in [3.05, 3.63) is 0 Å². The van der Waals surface area contributed by atoms with Gasteiger partial charge in [0.05, 0.1) is 0 Å². The van der Waals surface area contributed by atoms with Gasteiger partial charge < -0.3 is 4.79 Å². The second-order valence-electron chi connectivity index (χ2n) is 4.60. The monoisotopic (exact) mass is 166 g/mol. The summed E-state index contributed by atoms with van der Waals surface area (Å²) in [5.74, 6) is 0.626. The first-order chi connectivity index (χ1) is 5.54. The number of carbonyl (C=O) groups is 2. The molecule has 2 saturated carbocycles. The van der Waals surface area contributed by atoms with Gasteiger partial charge in [-0.1, -0.05) is 13.8 Å². The summed E-state index contributed by atoms with van der Waals surface area (Å²) >= 11 is 0. The fourth-order valence-corrected chi connectivity index (χ4v) is 2.91. The first-order valence-corrected chi connectivity index (χ1v) is 4.54. The molecule has 12 heavy (non-hydrogen) atoms. The van der Waals surface area contributed by atoms with E-state index < -0.39 is 0 Å². The van der Waals surface area contributed by atoms with E-state index in [1.807, 2.05) is 13.8 Å². The Hall–Kier alpha value is -0.660. The molecule has 0 aromatic rings. The van der Waals surface area contributed by atoms with Gasteiger partial charge in [-0.05, 0) is 18.8 Å². The van der Waals surface area contributed by atoms with E-state index in [4.69, 9.17) is 0 Å². The zero-order valence-corrected chi connectivity index (χ0v) is 7.59. The number of Topliss-reactive ketones (excluding diaryl/α,β-unsaturated/α-hetero) is 1. The lowest BCUT2D eigenvalue weighted by Gasteiger charge is -2.30. The van der Waals surface area contributed by atoms with Crippen LogP contribution < -0.4 is 0 Å². The minimum absolute atomic E-state index is 0.299. The zero-order valence-electron chi connectivity index (χ0n) is 7.59. The van der Waals surface area contributed by atoms with E-state index in [0.29, 0.717) is 18.1 Å². The van der Waals surface area contributed by atoms with Crippen molar-refractivity contribution in [2.24, 2.45) is 16.7 Å². The van der Waals surface area contributed by atoms with Gasteiger partial charge in [0.1, 0.15) is 12.1 Å². The molecule has 0 spiro atoms. The highest BCUT2D eigenvalue weighted by molar-refractivity contribution is 5.93. The lowest BCUT2D eigenvalue weighted by Crippen LogP contribution is -2.36. The van der Waals surface area contributed by atoms with Crippen LogP contribution in [0.2, 0.25) is 0 Å². The summed E-state index contributed by atoms with van der Waals surface area (Å²) in [4.78, 5) is 22.6. The fourth-order valence-electron chi connectivity index (χ4n) is 2.91. The summed E-state index contributed by atoms with van der Waals surface area (Å²) in [5, 5.41) is 0. The van der Waals surface area contributed by atoms with Crippen LogP contribution in [0.5, 0.6) is 0 Å². The molecule has 0 saturated heterocycles. The van der Waals surface area contributed by atoms with Crippen LogP contribution in [0.15, 0.2) is 0 Å². The van der Waals surface area contributed by atoms with Gasteiger partial charge in [-0.2, -0.15) is 0 Å². The predicted molar refractivity (Wildman–Crippen MR) is 44.6 cm³/mol. The first kappa shape index (κ1) is 7.96. The van der Waals surface area contributed by atoms with E-state index in [1.54, 1.807) is 0 Å². The highest BCUT2D eigenvalue weighted by Gasteiger charge is 2.63.